The van der Waals surface area contributed by atoms with Crippen LogP contribution in [0.1, 0.15) is 0 Å². The molecule has 0 atom stereocenters. The summed E-state index contributed by atoms with van der Waals surface area (Å²) in [6.07, 6.45) is 5.85. The lowest BCUT2D eigenvalue weighted by Crippen LogP contribution is -2.14. The van der Waals surface area contributed by atoms with Gasteiger partial charge in [-0.05, 0) is 64.7 Å². The number of hydrogen-bond donors (Lipinski definition) is 1. The molecular formula is C28H24N2O3S. The molecule has 1 N–H and O–H groups in total. The fourth-order valence-corrected chi connectivity index (χ4v) is 4.81. The standard InChI is InChI=1S/C28H24N2O3S/c1-4-9-23(5-2)34(31,32)30-27-19-22(13-15-28(27)33-3)21-12-14-26-25(18-21)24(16-17-29-26)20-10-7-6-8-11-20/h4-19,30H,1-2H2,3H3/b23-9+. The smallest absolute Gasteiger partial charge is 0.261 e. The zero-order chi connectivity index (χ0) is 24.1. The zero-order valence-corrected chi connectivity index (χ0v) is 19.5. The number of sulfonamides is 1. The first-order chi connectivity index (χ1) is 16.5. The van der Waals surface area contributed by atoms with Crippen molar-refractivity contribution < 1.29 is 13.2 Å². The number of nitrogens with zero attached hydrogens (tertiary/aromatic N) is 1. The second-order valence-corrected chi connectivity index (χ2v) is 9.17. The van der Waals surface area contributed by atoms with Gasteiger partial charge in [-0.2, -0.15) is 0 Å². The van der Waals surface area contributed by atoms with Crippen LogP contribution in [0.3, 0.4) is 0 Å². The van der Waals surface area contributed by atoms with Crippen LogP contribution in [-0.2, 0) is 10.0 Å². The van der Waals surface area contributed by atoms with Crippen molar-refractivity contribution in [3.05, 3.63) is 115 Å². The molecule has 0 unspecified atom stereocenters. The van der Waals surface area contributed by atoms with Crippen molar-refractivity contribution in [1.29, 1.82) is 0 Å². The molecule has 6 heteroatoms. The highest BCUT2D eigenvalue weighted by Gasteiger charge is 2.18. The molecule has 1 heterocycles. The van der Waals surface area contributed by atoms with Gasteiger partial charge in [0.2, 0.25) is 0 Å². The number of pyridine rings is 1. The number of methoxy groups -OCH3 is 1. The number of rotatable bonds is 8. The topological polar surface area (TPSA) is 68.3 Å². The molecule has 0 spiro atoms. The van der Waals surface area contributed by atoms with Gasteiger partial charge in [0.1, 0.15) is 5.75 Å². The van der Waals surface area contributed by atoms with Crippen molar-refractivity contribution in [3.8, 4) is 28.0 Å². The fraction of sp³-hybridized carbons (Fsp3) is 0.0357. The summed E-state index contributed by atoms with van der Waals surface area (Å²) in [7, 11) is -2.37. The molecule has 0 bridgehead atoms. The Morgan fingerprint density at radius 1 is 0.941 bits per heavy atom. The molecule has 0 aliphatic heterocycles. The fourth-order valence-electron chi connectivity index (χ4n) is 3.75. The number of benzene rings is 3. The van der Waals surface area contributed by atoms with E-state index in [1.54, 1.807) is 18.3 Å². The number of anilines is 1. The van der Waals surface area contributed by atoms with Gasteiger partial charge in [0.25, 0.3) is 10.0 Å². The highest BCUT2D eigenvalue weighted by molar-refractivity contribution is 7.96. The minimum atomic E-state index is -3.86. The summed E-state index contributed by atoms with van der Waals surface area (Å²) in [5.41, 5.74) is 5.13. The molecule has 0 fully saturated rings. The molecule has 4 aromatic rings. The third kappa shape index (κ3) is 4.63. The van der Waals surface area contributed by atoms with Crippen molar-refractivity contribution in [2.75, 3.05) is 11.8 Å². The molecule has 34 heavy (non-hydrogen) atoms. The Labute approximate surface area is 199 Å². The van der Waals surface area contributed by atoms with Crippen LogP contribution in [0, 0.1) is 0 Å². The summed E-state index contributed by atoms with van der Waals surface area (Å²) in [6, 6.07) is 23.5. The summed E-state index contributed by atoms with van der Waals surface area (Å²) in [4.78, 5) is 4.52. The van der Waals surface area contributed by atoms with Crippen molar-refractivity contribution in [3.63, 3.8) is 0 Å². The van der Waals surface area contributed by atoms with E-state index in [9.17, 15) is 8.42 Å². The number of aromatic nitrogens is 1. The lowest BCUT2D eigenvalue weighted by Gasteiger charge is -2.14. The quantitative estimate of drug-likeness (QED) is 0.297. The summed E-state index contributed by atoms with van der Waals surface area (Å²) < 4.78 is 33.7. The molecule has 0 saturated heterocycles. The molecule has 0 aliphatic rings. The van der Waals surface area contributed by atoms with Crippen LogP contribution in [0.15, 0.2) is 115 Å². The number of ether oxygens (including phenoxy) is 1. The van der Waals surface area contributed by atoms with Gasteiger partial charge in [0.15, 0.2) is 0 Å². The normalized spacial score (nSPS) is 11.7. The molecular weight excluding hydrogens is 444 g/mol. The first-order valence-electron chi connectivity index (χ1n) is 10.6. The summed E-state index contributed by atoms with van der Waals surface area (Å²) >= 11 is 0. The highest BCUT2D eigenvalue weighted by atomic mass is 32.2. The predicted molar refractivity (Wildman–Crippen MR) is 140 cm³/mol. The Bertz CT molecular complexity index is 1510. The van der Waals surface area contributed by atoms with E-state index in [1.807, 2.05) is 42.5 Å². The average Bonchev–Trinajstić information content (AvgIpc) is 2.86. The summed E-state index contributed by atoms with van der Waals surface area (Å²) in [5, 5.41) is 1.01. The lowest BCUT2D eigenvalue weighted by molar-refractivity contribution is 0.417. The van der Waals surface area contributed by atoms with Crippen LogP contribution >= 0.6 is 0 Å². The van der Waals surface area contributed by atoms with Crippen molar-refractivity contribution >= 4 is 26.6 Å². The van der Waals surface area contributed by atoms with Crippen LogP contribution in [0.4, 0.5) is 5.69 Å². The van der Waals surface area contributed by atoms with Crippen molar-refractivity contribution in [2.45, 2.75) is 0 Å². The van der Waals surface area contributed by atoms with Gasteiger partial charge in [-0.3, -0.25) is 9.71 Å². The monoisotopic (exact) mass is 468 g/mol. The maximum atomic E-state index is 12.9. The number of fused-ring (bicyclic) bond motifs is 1. The van der Waals surface area contributed by atoms with Gasteiger partial charge in [-0.15, -0.1) is 0 Å². The SMILES string of the molecule is C=C/C=C(\C=C)S(=O)(=O)Nc1cc(-c2ccc3nccc(-c4ccccc4)c3c2)ccc1OC. The molecule has 170 valence electrons. The maximum Gasteiger partial charge on any atom is 0.261 e. The second kappa shape index (κ2) is 9.77. The van der Waals surface area contributed by atoms with Gasteiger partial charge in [0.05, 0.1) is 23.2 Å². The Hall–Kier alpha value is -4.16. The first kappa shape index (κ1) is 23.0. The Kier molecular flexibility index (Phi) is 6.61. The van der Waals surface area contributed by atoms with E-state index >= 15 is 0 Å². The molecule has 0 amide bonds. The van der Waals surface area contributed by atoms with Gasteiger partial charge in [-0.1, -0.05) is 61.7 Å². The maximum absolute atomic E-state index is 12.9. The zero-order valence-electron chi connectivity index (χ0n) is 18.7. The second-order valence-electron chi connectivity index (χ2n) is 7.49. The number of hydrogen-bond acceptors (Lipinski definition) is 4. The number of allylic oxidation sites excluding steroid dienone is 3. The lowest BCUT2D eigenvalue weighted by atomic mass is 9.97. The third-order valence-corrected chi connectivity index (χ3v) is 6.81. The van der Waals surface area contributed by atoms with Gasteiger partial charge < -0.3 is 4.74 Å². The number of nitrogens with one attached hydrogen (secondary N) is 1. The minimum absolute atomic E-state index is 0.0132. The van der Waals surface area contributed by atoms with Crippen LogP contribution in [0.2, 0.25) is 0 Å². The first-order valence-corrected chi connectivity index (χ1v) is 12.1. The molecule has 5 nitrogen and oxygen atoms in total. The molecule has 4 rings (SSSR count). The predicted octanol–water partition coefficient (Wildman–Crippen LogP) is 6.58. The van der Waals surface area contributed by atoms with Crippen LogP contribution in [-0.4, -0.2) is 20.5 Å². The van der Waals surface area contributed by atoms with Gasteiger partial charge >= 0.3 is 0 Å². The van der Waals surface area contributed by atoms with Gasteiger partial charge in [0, 0.05) is 11.6 Å². The average molecular weight is 469 g/mol. The molecule has 0 radical (unpaired) electrons. The van der Waals surface area contributed by atoms with E-state index in [1.165, 1.54) is 25.3 Å². The van der Waals surface area contributed by atoms with E-state index in [-0.39, 0.29) is 4.91 Å². The van der Waals surface area contributed by atoms with E-state index in [0.29, 0.717) is 11.4 Å². The van der Waals surface area contributed by atoms with Crippen molar-refractivity contribution in [1.82, 2.24) is 4.98 Å². The Balaban J connectivity index is 1.81. The van der Waals surface area contributed by atoms with Crippen LogP contribution in [0.25, 0.3) is 33.2 Å². The van der Waals surface area contributed by atoms with Gasteiger partial charge in [-0.25, -0.2) is 8.42 Å². The molecule has 1 aromatic heterocycles. The van der Waals surface area contributed by atoms with E-state index in [4.69, 9.17) is 4.74 Å². The van der Waals surface area contributed by atoms with E-state index in [0.717, 1.165) is 33.2 Å². The largest absolute Gasteiger partial charge is 0.495 e. The van der Waals surface area contributed by atoms with Crippen molar-refractivity contribution in [2.24, 2.45) is 0 Å². The van der Waals surface area contributed by atoms with Crippen LogP contribution in [0.5, 0.6) is 5.75 Å². The summed E-state index contributed by atoms with van der Waals surface area (Å²) in [6.45, 7) is 7.15. The Morgan fingerprint density at radius 2 is 1.68 bits per heavy atom. The Morgan fingerprint density at radius 3 is 2.38 bits per heavy atom. The molecule has 3 aromatic carbocycles. The van der Waals surface area contributed by atoms with E-state index < -0.39 is 10.0 Å². The highest BCUT2D eigenvalue weighted by Crippen LogP contribution is 2.35. The third-order valence-electron chi connectivity index (χ3n) is 5.40. The summed E-state index contributed by atoms with van der Waals surface area (Å²) in [5.74, 6) is 0.404. The van der Waals surface area contributed by atoms with E-state index in [2.05, 4.69) is 41.1 Å². The minimum Gasteiger partial charge on any atom is -0.495 e. The molecule has 0 saturated carbocycles. The van der Waals surface area contributed by atoms with Crippen LogP contribution < -0.4 is 9.46 Å². The molecule has 0 aliphatic carbocycles.